The average molecular weight is 335 g/mol. The highest BCUT2D eigenvalue weighted by Crippen LogP contribution is 2.45. The van der Waals surface area contributed by atoms with Gasteiger partial charge in [-0.25, -0.2) is 4.98 Å². The number of nitrogens with zero attached hydrogens (tertiary/aromatic N) is 2. The molecule has 0 aromatic carbocycles. The molecule has 1 N–H and O–H groups in total. The number of aromatic nitrogens is 1. The zero-order valence-electron chi connectivity index (χ0n) is 13.9. The largest absolute Gasteiger partial charge is 0.381 e. The number of carbonyl (C=O) groups excluding carboxylic acids is 1. The molecule has 2 bridgehead atoms. The summed E-state index contributed by atoms with van der Waals surface area (Å²) in [6.45, 7) is 0. The average Bonchev–Trinajstić information content (AvgIpc) is 3.07. The molecule has 6 heteroatoms. The quantitative estimate of drug-likeness (QED) is 0.923. The highest BCUT2D eigenvalue weighted by Gasteiger charge is 2.40. The molecule has 1 saturated carbocycles. The monoisotopic (exact) mass is 335 g/mol. The molecular formula is C17H25N3O2S. The number of amides is 1. The third kappa shape index (κ3) is 2.81. The van der Waals surface area contributed by atoms with Gasteiger partial charge in [-0.3, -0.25) is 9.69 Å². The Bertz CT molecular complexity index is 603. The zero-order chi connectivity index (χ0) is 16.0. The Morgan fingerprint density at radius 3 is 3.04 bits per heavy atom. The highest BCUT2D eigenvalue weighted by molar-refractivity contribution is 7.16. The second kappa shape index (κ2) is 6.15. The Labute approximate surface area is 141 Å². The van der Waals surface area contributed by atoms with Crippen LogP contribution in [-0.2, 0) is 16.0 Å². The Hall–Kier alpha value is -0.980. The maximum atomic E-state index is 12.6. The van der Waals surface area contributed by atoms with Crippen LogP contribution in [0.4, 0.5) is 5.13 Å². The number of hydrogen-bond donors (Lipinski definition) is 1. The normalized spacial score (nSPS) is 33.5. The lowest BCUT2D eigenvalue weighted by Gasteiger charge is -2.29. The number of rotatable bonds is 3. The van der Waals surface area contributed by atoms with Crippen molar-refractivity contribution in [2.45, 2.75) is 63.1 Å². The summed E-state index contributed by atoms with van der Waals surface area (Å²) in [5, 5.41) is 3.87. The molecule has 3 aliphatic rings. The summed E-state index contributed by atoms with van der Waals surface area (Å²) in [5.74, 6) is 0.185. The van der Waals surface area contributed by atoms with E-state index in [0.717, 1.165) is 37.2 Å². The van der Waals surface area contributed by atoms with E-state index >= 15 is 0 Å². The van der Waals surface area contributed by atoms with Crippen LogP contribution < -0.4 is 5.32 Å². The van der Waals surface area contributed by atoms with Crippen LogP contribution in [0.2, 0.25) is 0 Å². The number of methoxy groups -OCH3 is 1. The molecular weight excluding hydrogens is 310 g/mol. The fourth-order valence-electron chi connectivity index (χ4n) is 4.43. The number of anilines is 1. The molecule has 2 fully saturated rings. The van der Waals surface area contributed by atoms with Crippen molar-refractivity contribution in [3.8, 4) is 0 Å². The topological polar surface area (TPSA) is 54.5 Å². The van der Waals surface area contributed by atoms with E-state index in [1.165, 1.54) is 23.4 Å². The van der Waals surface area contributed by atoms with E-state index < -0.39 is 0 Å². The Morgan fingerprint density at radius 1 is 1.35 bits per heavy atom. The molecule has 23 heavy (non-hydrogen) atoms. The number of thiazole rings is 1. The molecule has 126 valence electrons. The summed E-state index contributed by atoms with van der Waals surface area (Å²) in [7, 11) is 3.96. The maximum Gasteiger partial charge on any atom is 0.229 e. The second-order valence-electron chi connectivity index (χ2n) is 7.16. The molecule has 4 rings (SSSR count). The summed E-state index contributed by atoms with van der Waals surface area (Å²) in [6, 6.07) is 1.15. The smallest absolute Gasteiger partial charge is 0.229 e. The lowest BCUT2D eigenvalue weighted by molar-refractivity contribution is -0.122. The molecule has 3 heterocycles. The van der Waals surface area contributed by atoms with Gasteiger partial charge in [0.1, 0.15) is 0 Å². The second-order valence-corrected chi connectivity index (χ2v) is 8.19. The van der Waals surface area contributed by atoms with Gasteiger partial charge < -0.3 is 10.1 Å². The van der Waals surface area contributed by atoms with Gasteiger partial charge in [0.05, 0.1) is 11.8 Å². The molecule has 5 nitrogen and oxygen atoms in total. The lowest BCUT2D eigenvalue weighted by atomic mass is 9.86. The number of fused-ring (bicyclic) bond motifs is 4. The number of nitrogens with one attached hydrogen (secondary N) is 1. The van der Waals surface area contributed by atoms with Crippen molar-refractivity contribution in [3.05, 3.63) is 10.6 Å². The van der Waals surface area contributed by atoms with Gasteiger partial charge in [-0.05, 0) is 39.2 Å². The van der Waals surface area contributed by atoms with Crippen LogP contribution in [0.1, 0.15) is 55.1 Å². The summed E-state index contributed by atoms with van der Waals surface area (Å²) < 4.78 is 5.43. The molecule has 1 amide bonds. The van der Waals surface area contributed by atoms with Crippen LogP contribution in [0, 0.1) is 5.92 Å². The Kier molecular flexibility index (Phi) is 4.15. The molecule has 1 aromatic rings. The van der Waals surface area contributed by atoms with Crippen molar-refractivity contribution >= 4 is 22.4 Å². The van der Waals surface area contributed by atoms with E-state index in [9.17, 15) is 4.79 Å². The van der Waals surface area contributed by atoms with Crippen LogP contribution >= 0.6 is 11.3 Å². The van der Waals surface area contributed by atoms with Gasteiger partial charge in [-0.1, -0.05) is 17.8 Å². The number of carbonyl (C=O) groups is 1. The lowest BCUT2D eigenvalue weighted by Crippen LogP contribution is -2.33. The summed E-state index contributed by atoms with van der Waals surface area (Å²) in [5.41, 5.74) is 1.22. The van der Waals surface area contributed by atoms with Crippen LogP contribution in [0.3, 0.4) is 0 Å². The van der Waals surface area contributed by atoms with E-state index in [4.69, 9.17) is 9.72 Å². The summed E-state index contributed by atoms with van der Waals surface area (Å²) in [6.07, 6.45) is 7.69. The van der Waals surface area contributed by atoms with Crippen molar-refractivity contribution < 1.29 is 9.53 Å². The third-order valence-corrected chi connectivity index (χ3v) is 6.97. The minimum absolute atomic E-state index is 0.0637. The predicted octanol–water partition coefficient (Wildman–Crippen LogP) is 2.98. The van der Waals surface area contributed by atoms with E-state index in [1.807, 2.05) is 0 Å². The summed E-state index contributed by atoms with van der Waals surface area (Å²) >= 11 is 1.68. The molecule has 0 spiro atoms. The molecule has 0 unspecified atom stereocenters. The van der Waals surface area contributed by atoms with Crippen LogP contribution in [0.15, 0.2) is 0 Å². The van der Waals surface area contributed by atoms with E-state index in [0.29, 0.717) is 12.1 Å². The molecule has 1 saturated heterocycles. The highest BCUT2D eigenvalue weighted by atomic mass is 32.1. The minimum Gasteiger partial charge on any atom is -0.381 e. The molecule has 4 atom stereocenters. The molecule has 2 aliphatic heterocycles. The summed E-state index contributed by atoms with van der Waals surface area (Å²) in [4.78, 5) is 21.1. The first-order valence-electron chi connectivity index (χ1n) is 8.71. The first-order valence-corrected chi connectivity index (χ1v) is 9.52. The molecule has 0 radical (unpaired) electrons. The van der Waals surface area contributed by atoms with Crippen LogP contribution in [-0.4, -0.2) is 42.1 Å². The van der Waals surface area contributed by atoms with Crippen molar-refractivity contribution in [2.75, 3.05) is 19.5 Å². The molecule has 1 aromatic heterocycles. The van der Waals surface area contributed by atoms with Gasteiger partial charge in [0, 0.05) is 36.4 Å². The van der Waals surface area contributed by atoms with Crippen molar-refractivity contribution in [2.24, 2.45) is 5.92 Å². The van der Waals surface area contributed by atoms with Gasteiger partial charge in [-0.15, -0.1) is 0 Å². The molecule has 1 aliphatic carbocycles. The van der Waals surface area contributed by atoms with Gasteiger partial charge in [-0.2, -0.15) is 0 Å². The SMILES string of the molecule is CO[C@H]1CCC[C@@H](C(=O)Nc2nc3c(s2)[C@H]2CC[C@H](C3)N2C)C1. The van der Waals surface area contributed by atoms with Gasteiger partial charge >= 0.3 is 0 Å². The van der Waals surface area contributed by atoms with E-state index in [-0.39, 0.29) is 17.9 Å². The minimum atomic E-state index is 0.0637. The van der Waals surface area contributed by atoms with Crippen molar-refractivity contribution in [1.29, 1.82) is 0 Å². The van der Waals surface area contributed by atoms with Gasteiger partial charge in [0.15, 0.2) is 5.13 Å². The standard InChI is InChI=1S/C17H25N3O2S/c1-20-11-6-7-14(20)15-13(9-11)18-17(23-15)19-16(21)10-4-3-5-12(8-10)22-2/h10-12,14H,3-9H2,1-2H3,(H,18,19,21)/t10-,11-,12+,14-/m1/s1. The fourth-order valence-corrected chi connectivity index (χ4v) is 5.61. The van der Waals surface area contributed by atoms with Gasteiger partial charge in [0.25, 0.3) is 0 Å². The van der Waals surface area contributed by atoms with Crippen molar-refractivity contribution in [3.63, 3.8) is 0 Å². The van der Waals surface area contributed by atoms with E-state index in [1.54, 1.807) is 18.4 Å². The Balaban J connectivity index is 1.45. The zero-order valence-corrected chi connectivity index (χ0v) is 14.7. The maximum absolute atomic E-state index is 12.6. The number of ether oxygens (including phenoxy) is 1. The van der Waals surface area contributed by atoms with Crippen LogP contribution in [0.25, 0.3) is 0 Å². The van der Waals surface area contributed by atoms with Crippen molar-refractivity contribution in [1.82, 2.24) is 9.88 Å². The van der Waals surface area contributed by atoms with E-state index in [2.05, 4.69) is 17.3 Å². The first-order chi connectivity index (χ1) is 11.2. The Morgan fingerprint density at radius 2 is 2.22 bits per heavy atom. The van der Waals surface area contributed by atoms with Gasteiger partial charge in [0.2, 0.25) is 5.91 Å². The third-order valence-electron chi connectivity index (χ3n) is 5.86. The number of hydrogen-bond acceptors (Lipinski definition) is 5. The fraction of sp³-hybridized carbons (Fsp3) is 0.765. The first kappa shape index (κ1) is 15.5. The van der Waals surface area contributed by atoms with Crippen LogP contribution in [0.5, 0.6) is 0 Å². The number of likely N-dealkylation sites (N-methyl/N-ethyl adjacent to an activating group) is 1. The predicted molar refractivity (Wildman–Crippen MR) is 90.7 cm³/mol.